The molecule has 2 saturated heterocycles. The van der Waals surface area contributed by atoms with Gasteiger partial charge in [0, 0.05) is 18.7 Å². The molecule has 3 rings (SSSR count). The summed E-state index contributed by atoms with van der Waals surface area (Å²) >= 11 is 0.943. The van der Waals surface area contributed by atoms with Gasteiger partial charge in [-0.25, -0.2) is 8.42 Å². The Bertz CT molecular complexity index is 805. The van der Waals surface area contributed by atoms with E-state index < -0.39 is 16.1 Å². The molecule has 2 heterocycles. The Morgan fingerprint density at radius 2 is 2.04 bits per heavy atom. The van der Waals surface area contributed by atoms with E-state index >= 15 is 0 Å². The molecular weight excluding hydrogens is 352 g/mol. The Hall–Kier alpha value is -1.71. The number of amides is 2. The summed E-state index contributed by atoms with van der Waals surface area (Å²) in [6.45, 7) is 1.70. The smallest absolute Gasteiger partial charge is 0.289 e. The van der Waals surface area contributed by atoms with Crippen LogP contribution < -0.4 is 0 Å². The van der Waals surface area contributed by atoms with E-state index in [-0.39, 0.29) is 40.7 Å². The van der Waals surface area contributed by atoms with Crippen LogP contribution in [0.5, 0.6) is 0 Å². The summed E-state index contributed by atoms with van der Waals surface area (Å²) in [6, 6.07) is 5.46. The second-order valence-electron chi connectivity index (χ2n) is 5.71. The summed E-state index contributed by atoms with van der Waals surface area (Å²) in [6.07, 6.45) is 0.420. The van der Waals surface area contributed by atoms with Gasteiger partial charge in [-0.05, 0) is 25.5 Å². The van der Waals surface area contributed by atoms with Gasteiger partial charge in [-0.1, -0.05) is 23.9 Å². The number of thioether (sulfide) groups is 1. The van der Waals surface area contributed by atoms with Crippen LogP contribution in [0, 0.1) is 0 Å². The number of hydrogen-bond acceptors (Lipinski definition) is 6. The molecule has 2 aliphatic rings. The van der Waals surface area contributed by atoms with Gasteiger partial charge in [0.15, 0.2) is 5.78 Å². The van der Waals surface area contributed by atoms with E-state index in [4.69, 9.17) is 0 Å². The Kier molecular flexibility index (Phi) is 4.50. The van der Waals surface area contributed by atoms with E-state index in [1.54, 1.807) is 6.07 Å². The highest BCUT2D eigenvalue weighted by Gasteiger charge is 2.42. The number of benzene rings is 1. The van der Waals surface area contributed by atoms with Crippen molar-refractivity contribution in [2.45, 2.75) is 24.3 Å². The van der Waals surface area contributed by atoms with Crippen molar-refractivity contribution >= 4 is 38.7 Å². The van der Waals surface area contributed by atoms with Crippen molar-refractivity contribution in [3.8, 4) is 0 Å². The lowest BCUT2D eigenvalue weighted by Crippen LogP contribution is -2.41. The molecule has 1 atom stereocenters. The number of hydrogen-bond donors (Lipinski definition) is 0. The fourth-order valence-electron chi connectivity index (χ4n) is 2.88. The molecule has 0 aromatic heterocycles. The van der Waals surface area contributed by atoms with Crippen LogP contribution in [0.3, 0.4) is 0 Å². The summed E-state index contributed by atoms with van der Waals surface area (Å²) in [5, 5.41) is -0.317. The van der Waals surface area contributed by atoms with E-state index in [0.717, 1.165) is 11.8 Å². The summed E-state index contributed by atoms with van der Waals surface area (Å²) in [7, 11) is -3.77. The lowest BCUT2D eigenvalue weighted by molar-refractivity contribution is -0.126. The molecule has 0 spiro atoms. The van der Waals surface area contributed by atoms with Crippen LogP contribution in [0.1, 0.15) is 23.7 Å². The van der Waals surface area contributed by atoms with Crippen LogP contribution >= 0.6 is 11.8 Å². The average molecular weight is 368 g/mol. The first-order valence-electron chi connectivity index (χ1n) is 7.40. The van der Waals surface area contributed by atoms with Gasteiger partial charge in [0.2, 0.25) is 15.9 Å². The van der Waals surface area contributed by atoms with Gasteiger partial charge in [0.1, 0.15) is 0 Å². The molecule has 0 N–H and O–H groups in total. The van der Waals surface area contributed by atoms with Crippen LogP contribution in [-0.2, 0) is 14.8 Å². The molecular formula is C15H16N2O5S2. The first kappa shape index (κ1) is 17.1. The molecule has 0 bridgehead atoms. The largest absolute Gasteiger partial charge is 0.295 e. The van der Waals surface area contributed by atoms with Crippen LogP contribution in [0.25, 0.3) is 0 Å². The zero-order valence-corrected chi connectivity index (χ0v) is 14.6. The number of carbonyl (C=O) groups excluding carboxylic acids is 3. The lowest BCUT2D eigenvalue weighted by atomic mass is 10.2. The van der Waals surface area contributed by atoms with Gasteiger partial charge >= 0.3 is 0 Å². The summed E-state index contributed by atoms with van der Waals surface area (Å²) in [5.41, 5.74) is 0.327. The molecule has 2 aliphatic heterocycles. The number of nitrogens with zero attached hydrogens (tertiary/aromatic N) is 2. The number of sulfonamides is 1. The molecule has 1 aromatic rings. The summed E-state index contributed by atoms with van der Waals surface area (Å²) in [5.74, 6) is -0.368. The number of imide groups is 1. The minimum Gasteiger partial charge on any atom is -0.295 e. The first-order valence-corrected chi connectivity index (χ1v) is 9.83. The SMILES string of the molecule is CC(=O)c1cccc(S(=O)(=O)N2CCC(N3C(=O)CSC3=O)C2)c1. The minimum atomic E-state index is -3.77. The zero-order chi connectivity index (χ0) is 17.5. The van der Waals surface area contributed by atoms with E-state index in [1.807, 2.05) is 0 Å². The Morgan fingerprint density at radius 3 is 2.67 bits per heavy atom. The Labute approximate surface area is 144 Å². The van der Waals surface area contributed by atoms with E-state index in [9.17, 15) is 22.8 Å². The predicted molar refractivity (Wildman–Crippen MR) is 88.3 cm³/mol. The average Bonchev–Trinajstić information content (AvgIpc) is 3.14. The highest BCUT2D eigenvalue weighted by atomic mass is 32.2. The molecule has 0 radical (unpaired) electrons. The normalized spacial score (nSPS) is 22.4. The minimum absolute atomic E-state index is 0.0456. The quantitative estimate of drug-likeness (QED) is 0.745. The van der Waals surface area contributed by atoms with Crippen LogP contribution in [0.2, 0.25) is 0 Å². The predicted octanol–water partition coefficient (Wildman–Crippen LogP) is 1.35. The fourth-order valence-corrected chi connectivity index (χ4v) is 5.20. The van der Waals surface area contributed by atoms with Crippen molar-refractivity contribution in [2.75, 3.05) is 18.8 Å². The molecule has 2 amide bonds. The highest BCUT2D eigenvalue weighted by molar-refractivity contribution is 8.14. The van der Waals surface area contributed by atoms with Crippen molar-refractivity contribution in [2.24, 2.45) is 0 Å². The van der Waals surface area contributed by atoms with Crippen molar-refractivity contribution in [3.05, 3.63) is 29.8 Å². The van der Waals surface area contributed by atoms with Crippen molar-refractivity contribution < 1.29 is 22.8 Å². The summed E-state index contributed by atoms with van der Waals surface area (Å²) in [4.78, 5) is 36.2. The molecule has 9 heteroatoms. The second-order valence-corrected chi connectivity index (χ2v) is 8.57. The Morgan fingerprint density at radius 1 is 1.29 bits per heavy atom. The number of ketones is 1. The van der Waals surface area contributed by atoms with Crippen LogP contribution in [0.15, 0.2) is 29.2 Å². The molecule has 128 valence electrons. The molecule has 2 fully saturated rings. The van der Waals surface area contributed by atoms with Crippen LogP contribution in [0.4, 0.5) is 4.79 Å². The molecule has 7 nitrogen and oxygen atoms in total. The maximum atomic E-state index is 12.8. The third-order valence-electron chi connectivity index (χ3n) is 4.15. The number of Topliss-reactive ketones (excluding diaryl/α,β-unsaturated/α-hetero) is 1. The van der Waals surface area contributed by atoms with Gasteiger partial charge in [-0.15, -0.1) is 0 Å². The number of carbonyl (C=O) groups is 3. The molecule has 1 unspecified atom stereocenters. The van der Waals surface area contributed by atoms with Crippen molar-refractivity contribution in [3.63, 3.8) is 0 Å². The zero-order valence-electron chi connectivity index (χ0n) is 13.0. The monoisotopic (exact) mass is 368 g/mol. The maximum Gasteiger partial charge on any atom is 0.289 e. The van der Waals surface area contributed by atoms with E-state index in [1.165, 1.54) is 34.3 Å². The molecule has 0 aliphatic carbocycles. The van der Waals surface area contributed by atoms with E-state index in [0.29, 0.717) is 12.0 Å². The van der Waals surface area contributed by atoms with Crippen molar-refractivity contribution in [1.29, 1.82) is 0 Å². The fraction of sp³-hybridized carbons (Fsp3) is 0.400. The van der Waals surface area contributed by atoms with Gasteiger partial charge in [-0.2, -0.15) is 4.31 Å². The summed E-state index contributed by atoms with van der Waals surface area (Å²) < 4.78 is 26.8. The highest BCUT2D eigenvalue weighted by Crippen LogP contribution is 2.29. The van der Waals surface area contributed by atoms with Crippen molar-refractivity contribution in [1.82, 2.24) is 9.21 Å². The first-order chi connectivity index (χ1) is 11.3. The third-order valence-corrected chi connectivity index (χ3v) is 6.85. The number of rotatable bonds is 4. The Balaban J connectivity index is 1.82. The van der Waals surface area contributed by atoms with Gasteiger partial charge < -0.3 is 0 Å². The van der Waals surface area contributed by atoms with Crippen LogP contribution in [-0.4, -0.2) is 59.4 Å². The molecule has 1 aromatic carbocycles. The van der Waals surface area contributed by atoms with Gasteiger partial charge in [0.25, 0.3) is 5.24 Å². The second kappa shape index (κ2) is 6.30. The van der Waals surface area contributed by atoms with Gasteiger partial charge in [0.05, 0.1) is 16.7 Å². The topological polar surface area (TPSA) is 91.8 Å². The molecule has 24 heavy (non-hydrogen) atoms. The maximum absolute atomic E-state index is 12.8. The van der Waals surface area contributed by atoms with Gasteiger partial charge in [-0.3, -0.25) is 19.3 Å². The lowest BCUT2D eigenvalue weighted by Gasteiger charge is -2.21. The van der Waals surface area contributed by atoms with E-state index in [2.05, 4.69) is 0 Å². The standard InChI is InChI=1S/C15H16N2O5S2/c1-10(18)11-3-2-4-13(7-11)24(21,22)16-6-5-12(8-16)17-14(19)9-23-15(17)20/h2-4,7,12H,5-6,8-9H2,1H3. The molecule has 0 saturated carbocycles. The third kappa shape index (κ3) is 2.99.